The van der Waals surface area contributed by atoms with E-state index in [-0.39, 0.29) is 0 Å². The van der Waals surface area contributed by atoms with Crippen LogP contribution in [0.3, 0.4) is 0 Å². The normalized spacial score (nSPS) is 11.5. The van der Waals surface area contributed by atoms with Gasteiger partial charge in [0.2, 0.25) is 0 Å². The molecule has 0 saturated carbocycles. The largest absolute Gasteiger partial charge is 0.456 e. The van der Waals surface area contributed by atoms with Gasteiger partial charge in [-0.2, -0.15) is 0 Å². The second-order valence-electron chi connectivity index (χ2n) is 16.0. The van der Waals surface area contributed by atoms with Crippen LogP contribution in [0, 0.1) is 0 Å². The summed E-state index contributed by atoms with van der Waals surface area (Å²) in [6, 6.07) is 81.7. The molecular weight excluding hydrogens is 765 g/mol. The molecule has 12 aromatic rings. The quantitative estimate of drug-likeness (QED) is 0.119. The second kappa shape index (κ2) is 15.3. The van der Waals surface area contributed by atoms with Gasteiger partial charge in [0, 0.05) is 27.6 Å². The maximum atomic E-state index is 6.36. The third-order valence-corrected chi connectivity index (χ3v) is 12.3. The molecule has 0 aliphatic heterocycles. The molecule has 3 heteroatoms. The van der Waals surface area contributed by atoms with Crippen molar-refractivity contribution < 1.29 is 4.42 Å². The lowest BCUT2D eigenvalue weighted by Crippen LogP contribution is -1.97. The molecule has 0 bridgehead atoms. The minimum absolute atomic E-state index is 0.673. The summed E-state index contributed by atoms with van der Waals surface area (Å²) in [5.41, 5.74) is 13.7. The first-order valence-electron chi connectivity index (χ1n) is 21.4. The Morgan fingerprint density at radius 1 is 0.302 bits per heavy atom. The molecule has 0 saturated heterocycles. The fourth-order valence-corrected chi connectivity index (χ4v) is 9.31. The van der Waals surface area contributed by atoms with E-state index in [9.17, 15) is 0 Å². The van der Waals surface area contributed by atoms with Gasteiger partial charge in [0.15, 0.2) is 5.82 Å². The molecule has 294 valence electrons. The number of rotatable bonds is 7. The smallest absolute Gasteiger partial charge is 0.160 e. The van der Waals surface area contributed by atoms with E-state index in [0.717, 1.165) is 61.5 Å². The van der Waals surface area contributed by atoms with Crippen LogP contribution in [0.4, 0.5) is 0 Å². The number of hydrogen-bond donors (Lipinski definition) is 0. The topological polar surface area (TPSA) is 38.9 Å². The first-order valence-corrected chi connectivity index (χ1v) is 21.4. The Labute approximate surface area is 365 Å². The van der Waals surface area contributed by atoms with E-state index in [4.69, 9.17) is 14.4 Å². The van der Waals surface area contributed by atoms with Gasteiger partial charge in [-0.3, -0.25) is 0 Å². The van der Waals surface area contributed by atoms with Gasteiger partial charge in [0.05, 0.1) is 11.4 Å². The van der Waals surface area contributed by atoms with Crippen LogP contribution in [0.2, 0.25) is 0 Å². The molecule has 0 radical (unpaired) electrons. The number of nitrogens with zero attached hydrogens (tertiary/aromatic N) is 2. The molecule has 3 nitrogen and oxygen atoms in total. The van der Waals surface area contributed by atoms with Crippen LogP contribution >= 0.6 is 0 Å². The van der Waals surface area contributed by atoms with Crippen LogP contribution in [-0.4, -0.2) is 9.97 Å². The third-order valence-electron chi connectivity index (χ3n) is 12.3. The van der Waals surface area contributed by atoms with E-state index in [1.165, 1.54) is 54.6 Å². The summed E-state index contributed by atoms with van der Waals surface area (Å²) in [5.74, 6) is 1.48. The Morgan fingerprint density at radius 2 is 0.825 bits per heavy atom. The van der Waals surface area contributed by atoms with Crippen molar-refractivity contribution in [2.75, 3.05) is 0 Å². The summed E-state index contributed by atoms with van der Waals surface area (Å²) >= 11 is 0. The zero-order valence-corrected chi connectivity index (χ0v) is 34.2. The standard InChI is InChI=1S/C60H38N2O/c1-3-16-43(17-4-1)58-51-25-13-12-24-50(51)57(52-36-35-41-15-7-9-21-47(41)59(52)58)44-33-29-40(30-34-44)39-27-31-42(32-28-39)53-38-54(62-60(61-53)45-18-5-2-6-19-45)48-22-10-11-23-49(48)56-37-46-20-8-14-26-55(46)63-56/h1-38H. The Bertz CT molecular complexity index is 3610. The van der Waals surface area contributed by atoms with Gasteiger partial charge in [-0.15, -0.1) is 0 Å². The van der Waals surface area contributed by atoms with Crippen molar-refractivity contribution in [2.24, 2.45) is 0 Å². The van der Waals surface area contributed by atoms with Crippen LogP contribution in [0.5, 0.6) is 0 Å². The molecule has 0 spiro atoms. The Balaban J connectivity index is 0.938. The molecule has 2 aromatic heterocycles. The predicted octanol–water partition coefficient (Wildman–Crippen LogP) is 16.4. The van der Waals surface area contributed by atoms with Crippen molar-refractivity contribution in [3.63, 3.8) is 0 Å². The summed E-state index contributed by atoms with van der Waals surface area (Å²) < 4.78 is 6.36. The van der Waals surface area contributed by atoms with Gasteiger partial charge in [-0.25, -0.2) is 9.97 Å². The average Bonchev–Trinajstić information content (AvgIpc) is 3.81. The van der Waals surface area contributed by atoms with Crippen LogP contribution in [-0.2, 0) is 0 Å². The van der Waals surface area contributed by atoms with Crippen LogP contribution in [0.15, 0.2) is 235 Å². The fraction of sp³-hybridized carbons (Fsp3) is 0. The lowest BCUT2D eigenvalue weighted by molar-refractivity contribution is 0.632. The van der Waals surface area contributed by atoms with E-state index in [1.54, 1.807) is 0 Å². The summed E-state index contributed by atoms with van der Waals surface area (Å²) in [5, 5.41) is 8.61. The van der Waals surface area contributed by atoms with E-state index < -0.39 is 0 Å². The summed E-state index contributed by atoms with van der Waals surface area (Å²) in [7, 11) is 0. The first-order chi connectivity index (χ1) is 31.2. The number of benzene rings is 10. The average molecular weight is 803 g/mol. The predicted molar refractivity (Wildman–Crippen MR) is 262 cm³/mol. The van der Waals surface area contributed by atoms with Gasteiger partial charge >= 0.3 is 0 Å². The number of aromatic nitrogens is 2. The lowest BCUT2D eigenvalue weighted by atomic mass is 9.84. The van der Waals surface area contributed by atoms with E-state index >= 15 is 0 Å². The monoisotopic (exact) mass is 802 g/mol. The molecule has 0 amide bonds. The highest BCUT2D eigenvalue weighted by Gasteiger charge is 2.20. The highest BCUT2D eigenvalue weighted by atomic mass is 16.3. The highest BCUT2D eigenvalue weighted by molar-refractivity contribution is 6.27. The molecular formula is C60H38N2O. The Kier molecular flexibility index (Phi) is 8.83. The zero-order chi connectivity index (χ0) is 41.7. The van der Waals surface area contributed by atoms with Gasteiger partial charge in [0.1, 0.15) is 11.3 Å². The van der Waals surface area contributed by atoms with Crippen LogP contribution in [0.1, 0.15) is 0 Å². The van der Waals surface area contributed by atoms with Crippen molar-refractivity contribution >= 4 is 43.3 Å². The number of hydrogen-bond acceptors (Lipinski definition) is 3. The van der Waals surface area contributed by atoms with Crippen LogP contribution in [0.25, 0.3) is 122 Å². The third kappa shape index (κ3) is 6.46. The number of fused-ring (bicyclic) bond motifs is 5. The first kappa shape index (κ1) is 36.5. The number of furan rings is 1. The van der Waals surface area contributed by atoms with E-state index in [2.05, 4.69) is 188 Å². The van der Waals surface area contributed by atoms with Crippen molar-refractivity contribution in [1.82, 2.24) is 9.97 Å². The van der Waals surface area contributed by atoms with E-state index in [0.29, 0.717) is 5.82 Å². The molecule has 63 heavy (non-hydrogen) atoms. The van der Waals surface area contributed by atoms with Crippen molar-refractivity contribution in [3.05, 3.63) is 231 Å². The number of para-hydroxylation sites is 1. The SMILES string of the molecule is c1ccc(-c2nc(-c3ccc(-c4ccc(-c5c6ccccc6c(-c6ccccc6)c6c5ccc5ccccc56)cc4)cc3)cc(-c3ccccc3-c3cc4ccccc4o3)n2)cc1. The van der Waals surface area contributed by atoms with Crippen LogP contribution < -0.4 is 0 Å². The van der Waals surface area contributed by atoms with Crippen molar-refractivity contribution in [1.29, 1.82) is 0 Å². The summed E-state index contributed by atoms with van der Waals surface area (Å²) in [6.45, 7) is 0. The highest BCUT2D eigenvalue weighted by Crippen LogP contribution is 2.46. The molecule has 0 aliphatic rings. The van der Waals surface area contributed by atoms with E-state index in [1.807, 2.05) is 42.5 Å². The second-order valence-corrected chi connectivity index (χ2v) is 16.0. The molecule has 2 heterocycles. The Morgan fingerprint density at radius 3 is 1.54 bits per heavy atom. The van der Waals surface area contributed by atoms with Gasteiger partial charge in [-0.05, 0) is 83.9 Å². The van der Waals surface area contributed by atoms with Crippen molar-refractivity contribution in [3.8, 4) is 78.6 Å². The molecule has 0 unspecified atom stereocenters. The van der Waals surface area contributed by atoms with Crippen molar-refractivity contribution in [2.45, 2.75) is 0 Å². The summed E-state index contributed by atoms with van der Waals surface area (Å²) in [4.78, 5) is 10.3. The lowest BCUT2D eigenvalue weighted by Gasteiger charge is -2.19. The molecule has 0 fully saturated rings. The fourth-order valence-electron chi connectivity index (χ4n) is 9.31. The molecule has 0 N–H and O–H groups in total. The summed E-state index contributed by atoms with van der Waals surface area (Å²) in [6.07, 6.45) is 0. The maximum absolute atomic E-state index is 6.36. The molecule has 0 aliphatic carbocycles. The zero-order valence-electron chi connectivity index (χ0n) is 34.2. The molecule has 12 rings (SSSR count). The van der Waals surface area contributed by atoms with Gasteiger partial charge in [-0.1, -0.05) is 212 Å². The minimum atomic E-state index is 0.673. The molecule has 10 aromatic carbocycles. The van der Waals surface area contributed by atoms with Gasteiger partial charge in [0.25, 0.3) is 0 Å². The molecule has 0 atom stereocenters. The minimum Gasteiger partial charge on any atom is -0.456 e. The van der Waals surface area contributed by atoms with Gasteiger partial charge < -0.3 is 4.42 Å². The Hall–Kier alpha value is -8.40. The maximum Gasteiger partial charge on any atom is 0.160 e.